The minimum atomic E-state index is -1.18. The van der Waals surface area contributed by atoms with Crippen LogP contribution in [0.2, 0.25) is 5.15 Å². The van der Waals surface area contributed by atoms with Gasteiger partial charge in [0.05, 0.1) is 0 Å². The molecular weight excluding hydrogens is 324 g/mol. The standard InChI is InChI=1S/C17H19ClN6/c1-11(2)21-16-22-15(12-6-4-3-5-7-12)23-17(19,24-16)13-8-9-14(18)20-10-13/h3-11H,19H2,1-2H3,(H2,21,22,23,24). The molecular formula is C17H19ClN6. The van der Waals surface area contributed by atoms with Crippen molar-refractivity contribution in [3.8, 4) is 0 Å². The van der Waals surface area contributed by atoms with Gasteiger partial charge in [0.15, 0.2) is 0 Å². The van der Waals surface area contributed by atoms with Crippen molar-refractivity contribution < 1.29 is 0 Å². The topological polar surface area (TPSA) is 87.7 Å². The van der Waals surface area contributed by atoms with Gasteiger partial charge in [-0.3, -0.25) is 5.73 Å². The molecule has 0 fully saturated rings. The fourth-order valence-electron chi connectivity index (χ4n) is 2.33. The van der Waals surface area contributed by atoms with Crippen molar-refractivity contribution in [3.63, 3.8) is 0 Å². The Morgan fingerprint density at radius 3 is 2.54 bits per heavy atom. The number of nitrogens with zero attached hydrogens (tertiary/aromatic N) is 3. The number of guanidine groups is 1. The van der Waals surface area contributed by atoms with Crippen LogP contribution in [0.5, 0.6) is 0 Å². The highest BCUT2D eigenvalue weighted by atomic mass is 35.5. The van der Waals surface area contributed by atoms with Gasteiger partial charge in [0.2, 0.25) is 11.7 Å². The number of aromatic nitrogens is 1. The van der Waals surface area contributed by atoms with Crippen LogP contribution in [-0.4, -0.2) is 22.8 Å². The van der Waals surface area contributed by atoms with E-state index in [1.54, 1.807) is 18.3 Å². The fourth-order valence-corrected chi connectivity index (χ4v) is 2.44. The third kappa shape index (κ3) is 3.55. The van der Waals surface area contributed by atoms with Gasteiger partial charge >= 0.3 is 0 Å². The van der Waals surface area contributed by atoms with E-state index < -0.39 is 5.79 Å². The van der Waals surface area contributed by atoms with Crippen molar-refractivity contribution in [3.05, 3.63) is 64.9 Å². The van der Waals surface area contributed by atoms with Crippen molar-refractivity contribution in [1.82, 2.24) is 15.6 Å². The molecule has 4 N–H and O–H groups in total. The number of hydrogen-bond acceptors (Lipinski definition) is 6. The second kappa shape index (κ2) is 6.59. The summed E-state index contributed by atoms with van der Waals surface area (Å²) in [7, 11) is 0. The summed E-state index contributed by atoms with van der Waals surface area (Å²) in [5.74, 6) is -0.0619. The lowest BCUT2D eigenvalue weighted by molar-refractivity contribution is 0.421. The number of nitrogens with two attached hydrogens (primary N) is 1. The molecule has 0 radical (unpaired) electrons. The summed E-state index contributed by atoms with van der Waals surface area (Å²) in [6.07, 6.45) is 1.61. The van der Waals surface area contributed by atoms with Crippen molar-refractivity contribution in [1.29, 1.82) is 0 Å². The number of amidine groups is 1. The van der Waals surface area contributed by atoms with E-state index in [1.807, 2.05) is 44.2 Å². The minimum absolute atomic E-state index is 0.176. The van der Waals surface area contributed by atoms with Crippen LogP contribution in [0.1, 0.15) is 25.0 Å². The normalized spacial score (nSPS) is 20.2. The molecule has 3 rings (SSSR count). The Hall–Kier alpha value is -2.44. The molecule has 0 spiro atoms. The second-order valence-electron chi connectivity index (χ2n) is 5.82. The smallest absolute Gasteiger partial charge is 0.223 e. The quantitative estimate of drug-likeness (QED) is 0.746. The summed E-state index contributed by atoms with van der Waals surface area (Å²) >= 11 is 5.87. The van der Waals surface area contributed by atoms with E-state index in [0.717, 1.165) is 5.56 Å². The van der Waals surface area contributed by atoms with Gasteiger partial charge in [0, 0.05) is 23.4 Å². The number of nitrogens with one attached hydrogen (secondary N) is 2. The molecule has 1 atom stereocenters. The zero-order valence-corrected chi connectivity index (χ0v) is 14.2. The number of pyridine rings is 1. The highest BCUT2D eigenvalue weighted by molar-refractivity contribution is 6.29. The van der Waals surface area contributed by atoms with Crippen molar-refractivity contribution in [2.24, 2.45) is 15.7 Å². The average molecular weight is 343 g/mol. The van der Waals surface area contributed by atoms with Crippen LogP contribution in [-0.2, 0) is 5.79 Å². The summed E-state index contributed by atoms with van der Waals surface area (Å²) in [6.45, 7) is 4.04. The van der Waals surface area contributed by atoms with Crippen LogP contribution in [0.3, 0.4) is 0 Å². The highest BCUT2D eigenvalue weighted by Crippen LogP contribution is 2.21. The van der Waals surface area contributed by atoms with E-state index >= 15 is 0 Å². The largest absolute Gasteiger partial charge is 0.352 e. The predicted molar refractivity (Wildman–Crippen MR) is 96.9 cm³/mol. The Kier molecular flexibility index (Phi) is 4.51. The van der Waals surface area contributed by atoms with E-state index in [9.17, 15) is 0 Å². The van der Waals surface area contributed by atoms with Crippen LogP contribution in [0.15, 0.2) is 58.6 Å². The van der Waals surface area contributed by atoms with E-state index in [2.05, 4.69) is 25.6 Å². The van der Waals surface area contributed by atoms with Gasteiger partial charge in [-0.15, -0.1) is 0 Å². The average Bonchev–Trinajstić information content (AvgIpc) is 2.55. The van der Waals surface area contributed by atoms with Gasteiger partial charge < -0.3 is 10.6 Å². The van der Waals surface area contributed by atoms with Gasteiger partial charge in [0.1, 0.15) is 11.0 Å². The number of hydrogen-bond donors (Lipinski definition) is 3. The van der Waals surface area contributed by atoms with Crippen LogP contribution in [0, 0.1) is 0 Å². The lowest BCUT2D eigenvalue weighted by Gasteiger charge is -2.32. The Morgan fingerprint density at radius 1 is 1.17 bits per heavy atom. The molecule has 2 heterocycles. The molecule has 1 aliphatic heterocycles. The molecule has 124 valence electrons. The van der Waals surface area contributed by atoms with Crippen LogP contribution < -0.4 is 16.4 Å². The molecule has 6 nitrogen and oxygen atoms in total. The maximum Gasteiger partial charge on any atom is 0.223 e. The van der Waals surface area contributed by atoms with Crippen molar-refractivity contribution in [2.75, 3.05) is 0 Å². The van der Waals surface area contributed by atoms with Gasteiger partial charge in [0.25, 0.3) is 0 Å². The summed E-state index contributed by atoms with van der Waals surface area (Å²) in [5.41, 5.74) is 8.14. The molecule has 7 heteroatoms. The molecule has 2 aromatic rings. The monoisotopic (exact) mass is 342 g/mol. The summed E-state index contributed by atoms with van der Waals surface area (Å²) in [4.78, 5) is 13.2. The lowest BCUT2D eigenvalue weighted by atomic mass is 10.1. The zero-order valence-electron chi connectivity index (χ0n) is 13.5. The number of benzene rings is 1. The molecule has 1 aliphatic rings. The van der Waals surface area contributed by atoms with E-state index in [4.69, 9.17) is 17.3 Å². The zero-order chi connectivity index (χ0) is 17.2. The van der Waals surface area contributed by atoms with Crippen molar-refractivity contribution >= 4 is 23.4 Å². The fraction of sp³-hybridized carbons (Fsp3) is 0.235. The number of halogens is 1. The summed E-state index contributed by atoms with van der Waals surface area (Å²) < 4.78 is 0. The SMILES string of the molecule is CC(C)NC1=NC(N)(c2ccc(Cl)nc2)NC(c2ccccc2)=N1. The van der Waals surface area contributed by atoms with Crippen molar-refractivity contribution in [2.45, 2.75) is 25.7 Å². The lowest BCUT2D eigenvalue weighted by Crippen LogP contribution is -2.56. The van der Waals surface area contributed by atoms with Gasteiger partial charge in [-0.1, -0.05) is 41.9 Å². The Morgan fingerprint density at radius 2 is 1.92 bits per heavy atom. The van der Waals surface area contributed by atoms with Crippen LogP contribution >= 0.6 is 11.6 Å². The molecule has 24 heavy (non-hydrogen) atoms. The third-order valence-electron chi connectivity index (χ3n) is 3.44. The molecule has 1 aromatic carbocycles. The molecule has 0 amide bonds. The van der Waals surface area contributed by atoms with Crippen LogP contribution in [0.25, 0.3) is 0 Å². The Balaban J connectivity index is 2.03. The van der Waals surface area contributed by atoms with E-state index in [1.165, 1.54) is 0 Å². The van der Waals surface area contributed by atoms with Gasteiger partial charge in [-0.2, -0.15) is 4.99 Å². The molecule has 0 saturated heterocycles. The molecule has 0 aliphatic carbocycles. The van der Waals surface area contributed by atoms with Gasteiger partial charge in [-0.05, 0) is 26.0 Å². The Bertz CT molecular complexity index is 769. The maximum absolute atomic E-state index is 6.52. The molecule has 0 bridgehead atoms. The minimum Gasteiger partial charge on any atom is -0.352 e. The van der Waals surface area contributed by atoms with Gasteiger partial charge in [-0.25, -0.2) is 9.98 Å². The maximum atomic E-state index is 6.52. The van der Waals surface area contributed by atoms with Crippen LogP contribution in [0.4, 0.5) is 0 Å². The highest BCUT2D eigenvalue weighted by Gasteiger charge is 2.33. The first kappa shape index (κ1) is 16.4. The first-order valence-corrected chi connectivity index (χ1v) is 8.04. The summed E-state index contributed by atoms with van der Waals surface area (Å²) in [5, 5.41) is 6.82. The molecule has 0 saturated carbocycles. The number of aliphatic imine (C=N–C) groups is 2. The Labute approximate surface area is 145 Å². The summed E-state index contributed by atoms with van der Waals surface area (Å²) in [6, 6.07) is 13.4. The van der Waals surface area contributed by atoms with E-state index in [-0.39, 0.29) is 6.04 Å². The second-order valence-corrected chi connectivity index (χ2v) is 6.21. The predicted octanol–water partition coefficient (Wildman–Crippen LogP) is 2.21. The number of rotatable bonds is 3. The first-order valence-electron chi connectivity index (χ1n) is 7.66. The third-order valence-corrected chi connectivity index (χ3v) is 3.67. The first-order chi connectivity index (χ1) is 11.5. The molecule has 1 aromatic heterocycles. The molecule has 1 unspecified atom stereocenters. The van der Waals surface area contributed by atoms with E-state index in [0.29, 0.717) is 22.5 Å².